The highest BCUT2D eigenvalue weighted by Crippen LogP contribution is 2.17. The molecule has 0 bridgehead atoms. The molecule has 9 heteroatoms. The van der Waals surface area contributed by atoms with Crippen LogP contribution in [0.4, 0.5) is 11.6 Å². The van der Waals surface area contributed by atoms with Crippen molar-refractivity contribution in [2.24, 2.45) is 0 Å². The summed E-state index contributed by atoms with van der Waals surface area (Å²) < 4.78 is 3.30. The summed E-state index contributed by atoms with van der Waals surface area (Å²) in [5.41, 5.74) is 1.71. The van der Waals surface area contributed by atoms with Crippen molar-refractivity contribution in [2.75, 3.05) is 36.0 Å². The standard InChI is InChI=1S/C21H22N8O/c1-16-22-23-18-7-8-20(25-29(16)18)27-13-11-26(12-14-27)19-9-10-21(30)28(24-19)15-17-5-3-2-4-6-17/h2-10H,11-15H2,1H3. The van der Waals surface area contributed by atoms with Gasteiger partial charge in [-0.1, -0.05) is 30.3 Å². The van der Waals surface area contributed by atoms with Crippen LogP contribution < -0.4 is 15.4 Å². The average molecular weight is 402 g/mol. The third-order valence-electron chi connectivity index (χ3n) is 5.36. The molecule has 1 aromatic carbocycles. The van der Waals surface area contributed by atoms with Crippen LogP contribution in [0.1, 0.15) is 11.4 Å². The molecule has 30 heavy (non-hydrogen) atoms. The highest BCUT2D eigenvalue weighted by Gasteiger charge is 2.20. The number of fused-ring (bicyclic) bond motifs is 1. The SMILES string of the molecule is Cc1nnc2ccc(N3CCN(c4ccc(=O)n(Cc5ccccc5)n4)CC3)nn12. The van der Waals surface area contributed by atoms with Crippen molar-refractivity contribution in [1.82, 2.24) is 29.6 Å². The zero-order valence-corrected chi connectivity index (χ0v) is 16.7. The molecule has 0 N–H and O–H groups in total. The van der Waals surface area contributed by atoms with Crippen LogP contribution in [0, 0.1) is 6.92 Å². The van der Waals surface area contributed by atoms with Crippen LogP contribution in [0.3, 0.4) is 0 Å². The van der Waals surface area contributed by atoms with Gasteiger partial charge in [-0.2, -0.15) is 9.61 Å². The summed E-state index contributed by atoms with van der Waals surface area (Å²) in [4.78, 5) is 16.7. The summed E-state index contributed by atoms with van der Waals surface area (Å²) in [7, 11) is 0. The fourth-order valence-corrected chi connectivity index (χ4v) is 3.70. The van der Waals surface area contributed by atoms with E-state index in [0.29, 0.717) is 6.54 Å². The van der Waals surface area contributed by atoms with E-state index < -0.39 is 0 Å². The topological polar surface area (TPSA) is 84.5 Å². The van der Waals surface area contributed by atoms with E-state index in [1.54, 1.807) is 10.6 Å². The second-order valence-corrected chi connectivity index (χ2v) is 7.36. The van der Waals surface area contributed by atoms with Crippen LogP contribution in [0.5, 0.6) is 0 Å². The molecule has 9 nitrogen and oxygen atoms in total. The molecule has 0 saturated carbocycles. The highest BCUT2D eigenvalue weighted by molar-refractivity contribution is 5.48. The van der Waals surface area contributed by atoms with Crippen molar-refractivity contribution < 1.29 is 0 Å². The molecule has 0 radical (unpaired) electrons. The maximum Gasteiger partial charge on any atom is 0.267 e. The number of rotatable bonds is 4. The normalized spacial score (nSPS) is 14.4. The number of nitrogens with zero attached hydrogens (tertiary/aromatic N) is 8. The molecule has 0 spiro atoms. The van der Waals surface area contributed by atoms with E-state index in [9.17, 15) is 4.79 Å². The maximum atomic E-state index is 12.3. The van der Waals surface area contributed by atoms with Gasteiger partial charge in [-0.05, 0) is 30.7 Å². The largest absolute Gasteiger partial charge is 0.352 e. The fraction of sp³-hybridized carbons (Fsp3) is 0.286. The molecule has 152 valence electrons. The Morgan fingerprint density at radius 3 is 2.20 bits per heavy atom. The van der Waals surface area contributed by atoms with Gasteiger partial charge in [-0.15, -0.1) is 15.3 Å². The first-order valence-corrected chi connectivity index (χ1v) is 9.98. The van der Waals surface area contributed by atoms with Crippen LogP contribution in [0.2, 0.25) is 0 Å². The van der Waals surface area contributed by atoms with E-state index in [2.05, 4.69) is 30.2 Å². The second kappa shape index (κ2) is 7.58. The van der Waals surface area contributed by atoms with Gasteiger partial charge in [-0.25, -0.2) is 4.68 Å². The van der Waals surface area contributed by atoms with Crippen LogP contribution in [0.25, 0.3) is 5.65 Å². The van der Waals surface area contributed by atoms with Gasteiger partial charge < -0.3 is 9.80 Å². The minimum atomic E-state index is -0.0944. The first-order valence-electron chi connectivity index (χ1n) is 9.98. The molecular formula is C21H22N8O. The Labute approximate surface area is 173 Å². The van der Waals surface area contributed by atoms with Crippen LogP contribution in [0.15, 0.2) is 59.4 Å². The molecule has 3 aromatic heterocycles. The summed E-state index contributed by atoms with van der Waals surface area (Å²) in [5.74, 6) is 2.51. The summed E-state index contributed by atoms with van der Waals surface area (Å²) in [6, 6.07) is 17.2. The molecule has 1 fully saturated rings. The van der Waals surface area contributed by atoms with Gasteiger partial charge in [0.2, 0.25) is 0 Å². The number of hydrogen-bond donors (Lipinski definition) is 0. The lowest BCUT2D eigenvalue weighted by molar-refractivity contribution is 0.597. The highest BCUT2D eigenvalue weighted by atomic mass is 16.1. The van der Waals surface area contributed by atoms with Gasteiger partial charge in [0, 0.05) is 32.2 Å². The zero-order chi connectivity index (χ0) is 20.5. The molecule has 4 heterocycles. The van der Waals surface area contributed by atoms with Gasteiger partial charge >= 0.3 is 0 Å². The van der Waals surface area contributed by atoms with Crippen molar-refractivity contribution >= 4 is 17.3 Å². The van der Waals surface area contributed by atoms with Gasteiger partial charge in [0.15, 0.2) is 11.5 Å². The molecule has 1 aliphatic heterocycles. The van der Waals surface area contributed by atoms with E-state index in [1.165, 1.54) is 4.68 Å². The lowest BCUT2D eigenvalue weighted by Crippen LogP contribution is -2.47. The van der Waals surface area contributed by atoms with E-state index >= 15 is 0 Å². The zero-order valence-electron chi connectivity index (χ0n) is 16.7. The molecule has 1 saturated heterocycles. The first kappa shape index (κ1) is 18.3. The predicted molar refractivity (Wildman–Crippen MR) is 114 cm³/mol. The van der Waals surface area contributed by atoms with Gasteiger partial charge in [0.1, 0.15) is 11.6 Å². The van der Waals surface area contributed by atoms with Gasteiger partial charge in [-0.3, -0.25) is 4.79 Å². The average Bonchev–Trinajstić information content (AvgIpc) is 3.16. The maximum absolute atomic E-state index is 12.3. The van der Waals surface area contributed by atoms with Crippen molar-refractivity contribution in [1.29, 1.82) is 0 Å². The Bertz CT molecular complexity index is 1220. The fourth-order valence-electron chi connectivity index (χ4n) is 3.70. The number of piperazine rings is 1. The Kier molecular flexibility index (Phi) is 4.62. The quantitative estimate of drug-likeness (QED) is 0.510. The van der Waals surface area contributed by atoms with Crippen molar-refractivity contribution in [3.05, 3.63) is 76.3 Å². The summed E-state index contributed by atoms with van der Waals surface area (Å²) in [5, 5.41) is 17.4. The molecule has 0 unspecified atom stereocenters. The Hall–Kier alpha value is -3.75. The third kappa shape index (κ3) is 3.49. The molecule has 1 aliphatic rings. The van der Waals surface area contributed by atoms with Gasteiger partial charge in [0.25, 0.3) is 5.56 Å². The van der Waals surface area contributed by atoms with E-state index in [-0.39, 0.29) is 5.56 Å². The minimum absolute atomic E-state index is 0.0944. The van der Waals surface area contributed by atoms with Crippen molar-refractivity contribution in [3.63, 3.8) is 0 Å². The molecule has 0 aliphatic carbocycles. The lowest BCUT2D eigenvalue weighted by atomic mass is 10.2. The summed E-state index contributed by atoms with van der Waals surface area (Å²) in [6.07, 6.45) is 0. The van der Waals surface area contributed by atoms with E-state index in [0.717, 1.165) is 54.8 Å². The Morgan fingerprint density at radius 1 is 0.800 bits per heavy atom. The number of anilines is 2. The molecule has 5 rings (SSSR count). The monoisotopic (exact) mass is 402 g/mol. The van der Waals surface area contributed by atoms with Gasteiger partial charge in [0.05, 0.1) is 6.54 Å². The summed E-state index contributed by atoms with van der Waals surface area (Å²) in [6.45, 7) is 5.60. The van der Waals surface area contributed by atoms with Crippen LogP contribution in [-0.2, 0) is 6.54 Å². The number of aryl methyl sites for hydroxylation is 1. The Morgan fingerprint density at radius 2 is 1.47 bits per heavy atom. The number of hydrogen-bond acceptors (Lipinski definition) is 7. The Balaban J connectivity index is 1.30. The number of benzene rings is 1. The minimum Gasteiger partial charge on any atom is -0.352 e. The molecule has 0 atom stereocenters. The second-order valence-electron chi connectivity index (χ2n) is 7.36. The molecule has 0 amide bonds. The first-order chi connectivity index (χ1) is 14.7. The molecular weight excluding hydrogens is 380 g/mol. The van der Waals surface area contributed by atoms with E-state index in [4.69, 9.17) is 0 Å². The van der Waals surface area contributed by atoms with Crippen molar-refractivity contribution in [2.45, 2.75) is 13.5 Å². The molecule has 4 aromatic rings. The van der Waals surface area contributed by atoms with Crippen molar-refractivity contribution in [3.8, 4) is 0 Å². The number of aromatic nitrogens is 6. The van der Waals surface area contributed by atoms with Crippen LogP contribution >= 0.6 is 0 Å². The van der Waals surface area contributed by atoms with E-state index in [1.807, 2.05) is 55.5 Å². The lowest BCUT2D eigenvalue weighted by Gasteiger charge is -2.35. The predicted octanol–water partition coefficient (Wildman–Crippen LogP) is 1.36. The van der Waals surface area contributed by atoms with Crippen LogP contribution in [-0.4, -0.2) is 55.8 Å². The smallest absolute Gasteiger partial charge is 0.267 e. The summed E-state index contributed by atoms with van der Waals surface area (Å²) >= 11 is 0. The third-order valence-corrected chi connectivity index (χ3v) is 5.36.